The molecule has 0 atom stereocenters. The molecular formula is C42H26O. The molecule has 0 saturated heterocycles. The van der Waals surface area contributed by atoms with E-state index in [2.05, 4.69) is 0 Å². The van der Waals surface area contributed by atoms with Gasteiger partial charge in [0.05, 0.1) is 17.8 Å². The first-order valence-corrected chi connectivity index (χ1v) is 13.7. The highest BCUT2D eigenvalue weighted by molar-refractivity contribution is 6.26. The van der Waals surface area contributed by atoms with Crippen LogP contribution in [0.2, 0.25) is 0 Å². The maximum absolute atomic E-state index is 9.44. The molecule has 0 saturated carbocycles. The van der Waals surface area contributed by atoms with E-state index in [0.717, 1.165) is 0 Å². The largest absolute Gasteiger partial charge is 0.456 e. The van der Waals surface area contributed by atoms with E-state index in [1.165, 1.54) is 0 Å². The van der Waals surface area contributed by atoms with Crippen LogP contribution in [0.4, 0.5) is 0 Å². The van der Waals surface area contributed by atoms with Crippen LogP contribution in [0, 0.1) is 0 Å². The first-order valence-electron chi connectivity index (χ1n) is 20.2. The molecule has 0 aliphatic heterocycles. The van der Waals surface area contributed by atoms with Crippen molar-refractivity contribution in [1.82, 2.24) is 0 Å². The normalized spacial score (nSPS) is 16.0. The average Bonchev–Trinajstić information content (AvgIpc) is 3.62. The van der Waals surface area contributed by atoms with E-state index in [1.807, 2.05) is 18.2 Å². The summed E-state index contributed by atoms with van der Waals surface area (Å²) in [5.74, 6) is 0. The van der Waals surface area contributed by atoms with Crippen molar-refractivity contribution < 1.29 is 22.2 Å². The molecule has 9 aromatic rings. The van der Waals surface area contributed by atoms with Gasteiger partial charge in [-0.3, -0.25) is 0 Å². The van der Waals surface area contributed by atoms with Crippen LogP contribution in [0.1, 0.15) is 17.8 Å². The van der Waals surface area contributed by atoms with Crippen LogP contribution in [0.5, 0.6) is 0 Å². The van der Waals surface area contributed by atoms with Crippen LogP contribution in [0.25, 0.3) is 87.6 Å². The summed E-state index contributed by atoms with van der Waals surface area (Å²) in [6.45, 7) is 0. The SMILES string of the molecule is [2H]c1c([2H])c([2H])c(-c2c3ccccc3c(-c3c([2H])c([2H])c([2H])c4oc5c([2H])c6c([2H])c([2H])c([2H])c([2H])c6c([2H])c5c34)c3ccccc23)c(-c2ccccc2)c1[2H]. The monoisotopic (exact) mass is 559 g/mol. The second-order valence-corrected chi connectivity index (χ2v) is 10.2. The Balaban J connectivity index is 1.53. The van der Waals surface area contributed by atoms with Gasteiger partial charge in [-0.05, 0) is 83.8 Å². The number of fused-ring (bicyclic) bond motifs is 6. The molecule has 1 nitrogen and oxygen atoms in total. The van der Waals surface area contributed by atoms with E-state index >= 15 is 0 Å². The molecule has 0 unspecified atom stereocenters. The van der Waals surface area contributed by atoms with E-state index in [-0.39, 0.29) is 74.0 Å². The molecule has 0 fully saturated rings. The smallest absolute Gasteiger partial charge is 0.136 e. The lowest BCUT2D eigenvalue weighted by atomic mass is 9.83. The van der Waals surface area contributed by atoms with E-state index in [4.69, 9.17) is 18.1 Å². The lowest BCUT2D eigenvalue weighted by molar-refractivity contribution is 0.669. The van der Waals surface area contributed by atoms with Crippen LogP contribution in [0.15, 0.2) is 162 Å². The predicted molar refractivity (Wildman–Crippen MR) is 183 cm³/mol. The third kappa shape index (κ3) is 3.65. The Labute approximate surface area is 267 Å². The van der Waals surface area contributed by atoms with Crippen LogP contribution in [-0.2, 0) is 0 Å². The summed E-state index contributed by atoms with van der Waals surface area (Å²) in [4.78, 5) is 0. The minimum Gasteiger partial charge on any atom is -0.456 e. The number of hydrogen-bond acceptors (Lipinski definition) is 1. The van der Waals surface area contributed by atoms with Crippen molar-refractivity contribution in [2.24, 2.45) is 0 Å². The molecule has 9 rings (SSSR count). The van der Waals surface area contributed by atoms with Crippen molar-refractivity contribution in [3.05, 3.63) is 157 Å². The van der Waals surface area contributed by atoms with Gasteiger partial charge in [0, 0.05) is 10.8 Å². The summed E-state index contributed by atoms with van der Waals surface area (Å²) < 4.78 is 122. The molecule has 0 N–H and O–H groups in total. The molecule has 1 aromatic heterocycles. The predicted octanol–water partition coefficient (Wildman–Crippen LogP) is 12.0. The Kier molecular flexibility index (Phi) is 3.18. The van der Waals surface area contributed by atoms with Crippen molar-refractivity contribution in [3.8, 4) is 33.4 Å². The quantitative estimate of drug-likeness (QED) is 0.196. The van der Waals surface area contributed by atoms with Crippen molar-refractivity contribution in [2.75, 3.05) is 0 Å². The third-order valence-corrected chi connectivity index (χ3v) is 7.88. The van der Waals surface area contributed by atoms with Crippen LogP contribution in [0.3, 0.4) is 0 Å². The first kappa shape index (κ1) is 14.5. The van der Waals surface area contributed by atoms with Crippen LogP contribution in [-0.4, -0.2) is 0 Å². The lowest BCUT2D eigenvalue weighted by Crippen LogP contribution is -1.93. The summed E-state index contributed by atoms with van der Waals surface area (Å²) in [5.41, 5.74) is 1.75. The maximum atomic E-state index is 9.44. The summed E-state index contributed by atoms with van der Waals surface area (Å²) in [5, 5.41) is 1.73. The van der Waals surface area contributed by atoms with E-state index < -0.39 is 48.3 Å². The Morgan fingerprint density at radius 1 is 0.419 bits per heavy atom. The Hall–Kier alpha value is -5.66. The van der Waals surface area contributed by atoms with Gasteiger partial charge in [-0.15, -0.1) is 0 Å². The zero-order valence-corrected chi connectivity index (χ0v) is 22.4. The zero-order valence-electron chi connectivity index (χ0n) is 35.4. The van der Waals surface area contributed by atoms with Gasteiger partial charge in [0.2, 0.25) is 0 Å². The molecular weight excluding hydrogens is 520 g/mol. The van der Waals surface area contributed by atoms with Gasteiger partial charge in [-0.1, -0.05) is 139 Å². The highest BCUT2D eigenvalue weighted by atomic mass is 16.3. The number of furan rings is 1. The maximum Gasteiger partial charge on any atom is 0.136 e. The zero-order chi connectivity index (χ0) is 39.6. The summed E-state index contributed by atoms with van der Waals surface area (Å²) in [6.07, 6.45) is 0. The molecule has 8 aromatic carbocycles. The second kappa shape index (κ2) is 9.44. The lowest BCUT2D eigenvalue weighted by Gasteiger charge is -2.20. The second-order valence-electron chi connectivity index (χ2n) is 10.2. The molecule has 0 aliphatic rings. The highest BCUT2D eigenvalue weighted by Gasteiger charge is 2.21. The van der Waals surface area contributed by atoms with Crippen LogP contribution >= 0.6 is 0 Å². The van der Waals surface area contributed by atoms with Gasteiger partial charge in [-0.2, -0.15) is 0 Å². The van der Waals surface area contributed by atoms with Crippen LogP contribution < -0.4 is 0 Å². The molecule has 0 bridgehead atoms. The minimum absolute atomic E-state index is 0.0414. The van der Waals surface area contributed by atoms with E-state index in [9.17, 15) is 4.11 Å². The molecule has 43 heavy (non-hydrogen) atoms. The Morgan fingerprint density at radius 3 is 1.63 bits per heavy atom. The summed E-state index contributed by atoms with van der Waals surface area (Å²) in [7, 11) is 0. The molecule has 200 valence electrons. The minimum atomic E-state index is -0.583. The Bertz CT molecular complexity index is 3170. The van der Waals surface area contributed by atoms with Gasteiger partial charge in [0.15, 0.2) is 0 Å². The average molecular weight is 560 g/mol. The molecule has 0 radical (unpaired) electrons. The number of benzene rings is 8. The summed E-state index contributed by atoms with van der Waals surface area (Å²) >= 11 is 0. The van der Waals surface area contributed by atoms with Crippen molar-refractivity contribution in [3.63, 3.8) is 0 Å². The van der Waals surface area contributed by atoms with Crippen molar-refractivity contribution in [1.29, 1.82) is 0 Å². The highest BCUT2D eigenvalue weighted by Crippen LogP contribution is 2.48. The molecule has 1 heteroatoms. The fourth-order valence-corrected chi connectivity index (χ4v) is 6.09. The van der Waals surface area contributed by atoms with Gasteiger partial charge < -0.3 is 4.42 Å². The first-order chi connectivity index (χ1) is 26.8. The summed E-state index contributed by atoms with van der Waals surface area (Å²) in [6, 6.07) is 17.7. The van der Waals surface area contributed by atoms with Crippen molar-refractivity contribution >= 4 is 54.3 Å². The van der Waals surface area contributed by atoms with Gasteiger partial charge in [0.25, 0.3) is 0 Å². The molecule has 1 heterocycles. The number of rotatable bonds is 3. The molecule has 0 amide bonds. The van der Waals surface area contributed by atoms with E-state index in [1.54, 1.807) is 60.7 Å². The topological polar surface area (TPSA) is 13.1 Å². The van der Waals surface area contributed by atoms with Gasteiger partial charge >= 0.3 is 0 Å². The fraction of sp³-hybridized carbons (Fsp3) is 0. The fourth-order valence-electron chi connectivity index (χ4n) is 6.09. The standard InChI is InChI=1S/C42H26O/c1-2-13-27(14-3-1)30-17-6-7-18-31(30)40-32-19-8-10-21-34(32)41(35-22-11-9-20-33(35)40)36-23-12-24-38-42(36)37-25-28-15-4-5-16-29(28)26-39(37)43-38/h1-26H/i4D,5D,6D,7D,12D,15D,16D,17D,18D,23D,24D,25D,26D. The van der Waals surface area contributed by atoms with E-state index in [0.29, 0.717) is 43.8 Å². The van der Waals surface area contributed by atoms with Crippen molar-refractivity contribution in [2.45, 2.75) is 0 Å². The number of hydrogen-bond donors (Lipinski definition) is 0. The molecule has 0 spiro atoms. The van der Waals surface area contributed by atoms with Gasteiger partial charge in [0.1, 0.15) is 11.2 Å². The van der Waals surface area contributed by atoms with Gasteiger partial charge in [-0.25, -0.2) is 0 Å². The Morgan fingerprint density at radius 2 is 0.953 bits per heavy atom. The third-order valence-electron chi connectivity index (χ3n) is 7.88. The molecule has 0 aliphatic carbocycles.